The van der Waals surface area contributed by atoms with Gasteiger partial charge in [-0.1, -0.05) is 33.8 Å². The Bertz CT molecular complexity index is 602. The Morgan fingerprint density at radius 3 is 3.05 bits per heavy atom. The second kappa shape index (κ2) is 6.90. The van der Waals surface area contributed by atoms with Gasteiger partial charge in [0.25, 0.3) is 0 Å². The average Bonchev–Trinajstić information content (AvgIpc) is 2.85. The first-order valence-corrected chi connectivity index (χ1v) is 7.88. The van der Waals surface area contributed by atoms with Crippen LogP contribution >= 0.6 is 27.7 Å². The molecule has 1 aromatic heterocycles. The SMILES string of the molecule is CCn1cnnc1S[C@@H](C)C(=O)Nc1cccc(Br)c1. The van der Waals surface area contributed by atoms with Gasteiger partial charge in [0.05, 0.1) is 5.25 Å². The number of aryl methyl sites for hydroxylation is 1. The molecule has 2 rings (SSSR count). The fourth-order valence-electron chi connectivity index (χ4n) is 1.57. The highest BCUT2D eigenvalue weighted by Gasteiger charge is 2.17. The molecular weight excluding hydrogens is 340 g/mol. The second-order valence-electron chi connectivity index (χ2n) is 4.16. The van der Waals surface area contributed by atoms with Crippen LogP contribution in [0.25, 0.3) is 0 Å². The molecule has 7 heteroatoms. The minimum absolute atomic E-state index is 0.0567. The number of carbonyl (C=O) groups is 1. The molecule has 0 spiro atoms. The molecule has 1 heterocycles. The number of nitrogens with zero attached hydrogens (tertiary/aromatic N) is 3. The number of aromatic nitrogens is 3. The van der Waals surface area contributed by atoms with Gasteiger partial charge in [-0.2, -0.15) is 0 Å². The Hall–Kier alpha value is -1.34. The maximum atomic E-state index is 12.1. The summed E-state index contributed by atoms with van der Waals surface area (Å²) in [6, 6.07) is 7.52. The minimum Gasteiger partial charge on any atom is -0.325 e. The Balaban J connectivity index is 1.99. The molecule has 1 amide bonds. The van der Waals surface area contributed by atoms with Crippen LogP contribution in [0.1, 0.15) is 13.8 Å². The van der Waals surface area contributed by atoms with Crippen molar-refractivity contribution in [3.63, 3.8) is 0 Å². The van der Waals surface area contributed by atoms with Crippen molar-refractivity contribution in [1.29, 1.82) is 0 Å². The summed E-state index contributed by atoms with van der Waals surface area (Å²) in [6.07, 6.45) is 1.67. The first-order chi connectivity index (χ1) is 9.60. The molecule has 0 saturated carbocycles. The number of carbonyl (C=O) groups excluding carboxylic acids is 1. The van der Waals surface area contributed by atoms with Crippen molar-refractivity contribution < 1.29 is 4.79 Å². The van der Waals surface area contributed by atoms with E-state index < -0.39 is 0 Å². The molecule has 0 aliphatic heterocycles. The van der Waals surface area contributed by atoms with Crippen molar-refractivity contribution in [2.45, 2.75) is 30.8 Å². The lowest BCUT2D eigenvalue weighted by atomic mass is 10.3. The predicted octanol–water partition coefficient (Wildman–Crippen LogP) is 3.18. The van der Waals surface area contributed by atoms with E-state index >= 15 is 0 Å². The van der Waals surface area contributed by atoms with Crippen LogP contribution in [0.15, 0.2) is 40.2 Å². The van der Waals surface area contributed by atoms with Crippen LogP contribution in [-0.4, -0.2) is 25.9 Å². The summed E-state index contributed by atoms with van der Waals surface area (Å²) in [5.74, 6) is -0.0567. The number of hydrogen-bond acceptors (Lipinski definition) is 4. The standard InChI is InChI=1S/C13H15BrN4OS/c1-3-18-8-15-17-13(18)20-9(2)12(19)16-11-6-4-5-10(14)7-11/h4-9H,3H2,1-2H3,(H,16,19)/t9-/m0/s1. The lowest BCUT2D eigenvalue weighted by molar-refractivity contribution is -0.115. The van der Waals surface area contributed by atoms with E-state index in [1.807, 2.05) is 42.7 Å². The summed E-state index contributed by atoms with van der Waals surface area (Å²) in [7, 11) is 0. The van der Waals surface area contributed by atoms with Crippen LogP contribution in [-0.2, 0) is 11.3 Å². The van der Waals surface area contributed by atoms with E-state index in [9.17, 15) is 4.79 Å². The second-order valence-corrected chi connectivity index (χ2v) is 6.38. The Labute approximate surface area is 130 Å². The van der Waals surface area contributed by atoms with E-state index in [1.54, 1.807) is 6.33 Å². The number of halogens is 1. The smallest absolute Gasteiger partial charge is 0.237 e. The van der Waals surface area contributed by atoms with Crippen molar-refractivity contribution in [1.82, 2.24) is 14.8 Å². The zero-order valence-electron chi connectivity index (χ0n) is 11.2. The quantitative estimate of drug-likeness (QED) is 0.837. The average molecular weight is 355 g/mol. The van der Waals surface area contributed by atoms with Crippen molar-refractivity contribution in [3.05, 3.63) is 35.1 Å². The third-order valence-electron chi connectivity index (χ3n) is 2.66. The summed E-state index contributed by atoms with van der Waals surface area (Å²) >= 11 is 4.78. The van der Waals surface area contributed by atoms with Crippen LogP contribution < -0.4 is 5.32 Å². The predicted molar refractivity (Wildman–Crippen MR) is 83.8 cm³/mol. The van der Waals surface area contributed by atoms with Gasteiger partial charge in [0, 0.05) is 16.7 Å². The number of benzene rings is 1. The van der Waals surface area contributed by atoms with Gasteiger partial charge >= 0.3 is 0 Å². The third-order valence-corrected chi connectivity index (χ3v) is 4.25. The normalized spacial score (nSPS) is 12.2. The molecule has 1 aromatic carbocycles. The van der Waals surface area contributed by atoms with Gasteiger partial charge in [0.1, 0.15) is 6.33 Å². The number of anilines is 1. The van der Waals surface area contributed by atoms with Crippen molar-refractivity contribution in [3.8, 4) is 0 Å². The lowest BCUT2D eigenvalue weighted by Gasteiger charge is -2.12. The van der Waals surface area contributed by atoms with Crippen LogP contribution in [0.2, 0.25) is 0 Å². The van der Waals surface area contributed by atoms with Gasteiger partial charge < -0.3 is 9.88 Å². The fourth-order valence-corrected chi connectivity index (χ4v) is 2.86. The Morgan fingerprint density at radius 1 is 1.55 bits per heavy atom. The van der Waals surface area contributed by atoms with E-state index in [2.05, 4.69) is 31.4 Å². The summed E-state index contributed by atoms with van der Waals surface area (Å²) in [6.45, 7) is 4.65. The van der Waals surface area contributed by atoms with Gasteiger partial charge in [-0.15, -0.1) is 10.2 Å². The van der Waals surface area contributed by atoms with Crippen LogP contribution in [0.5, 0.6) is 0 Å². The van der Waals surface area contributed by atoms with Crippen LogP contribution in [0.3, 0.4) is 0 Å². The number of rotatable bonds is 5. The molecule has 2 aromatic rings. The number of hydrogen-bond donors (Lipinski definition) is 1. The molecule has 0 unspecified atom stereocenters. The highest BCUT2D eigenvalue weighted by molar-refractivity contribution is 9.10. The van der Waals surface area contributed by atoms with Gasteiger partial charge in [-0.25, -0.2) is 0 Å². The van der Waals surface area contributed by atoms with E-state index in [0.717, 1.165) is 21.9 Å². The molecule has 1 atom stereocenters. The van der Waals surface area contributed by atoms with E-state index in [4.69, 9.17) is 0 Å². The molecular formula is C13H15BrN4OS. The monoisotopic (exact) mass is 354 g/mol. The van der Waals surface area contributed by atoms with E-state index in [0.29, 0.717) is 0 Å². The van der Waals surface area contributed by atoms with Gasteiger partial charge in [-0.05, 0) is 32.0 Å². The van der Waals surface area contributed by atoms with Crippen molar-refractivity contribution in [2.75, 3.05) is 5.32 Å². The summed E-state index contributed by atoms with van der Waals surface area (Å²) < 4.78 is 2.84. The van der Waals surface area contributed by atoms with Crippen molar-refractivity contribution in [2.24, 2.45) is 0 Å². The molecule has 0 saturated heterocycles. The highest BCUT2D eigenvalue weighted by Crippen LogP contribution is 2.22. The van der Waals surface area contributed by atoms with E-state index in [1.165, 1.54) is 11.8 Å². The van der Waals surface area contributed by atoms with Gasteiger partial charge in [0.2, 0.25) is 5.91 Å². The molecule has 0 radical (unpaired) electrons. The molecule has 1 N–H and O–H groups in total. The Morgan fingerprint density at radius 2 is 2.35 bits per heavy atom. The maximum Gasteiger partial charge on any atom is 0.237 e. The fraction of sp³-hybridized carbons (Fsp3) is 0.308. The number of nitrogens with one attached hydrogen (secondary N) is 1. The molecule has 20 heavy (non-hydrogen) atoms. The largest absolute Gasteiger partial charge is 0.325 e. The molecule has 106 valence electrons. The van der Waals surface area contributed by atoms with Crippen LogP contribution in [0, 0.1) is 0 Å². The number of amides is 1. The summed E-state index contributed by atoms with van der Waals surface area (Å²) in [4.78, 5) is 12.1. The Kier molecular flexibility index (Phi) is 5.19. The zero-order chi connectivity index (χ0) is 14.5. The topological polar surface area (TPSA) is 59.8 Å². The van der Waals surface area contributed by atoms with Gasteiger partial charge in [0.15, 0.2) is 5.16 Å². The summed E-state index contributed by atoms with van der Waals surface area (Å²) in [5, 5.41) is 11.3. The molecule has 0 bridgehead atoms. The zero-order valence-corrected chi connectivity index (χ0v) is 13.6. The minimum atomic E-state index is -0.247. The van der Waals surface area contributed by atoms with Crippen LogP contribution in [0.4, 0.5) is 5.69 Å². The molecule has 0 aliphatic rings. The van der Waals surface area contributed by atoms with Gasteiger partial charge in [-0.3, -0.25) is 4.79 Å². The molecule has 0 fully saturated rings. The third kappa shape index (κ3) is 3.83. The first-order valence-electron chi connectivity index (χ1n) is 6.21. The summed E-state index contributed by atoms with van der Waals surface area (Å²) in [5.41, 5.74) is 0.772. The molecule has 0 aliphatic carbocycles. The van der Waals surface area contributed by atoms with E-state index in [-0.39, 0.29) is 11.2 Å². The lowest BCUT2D eigenvalue weighted by Crippen LogP contribution is -2.22. The maximum absolute atomic E-state index is 12.1. The molecule has 5 nitrogen and oxygen atoms in total. The highest BCUT2D eigenvalue weighted by atomic mass is 79.9. The number of thioether (sulfide) groups is 1. The van der Waals surface area contributed by atoms with Crippen molar-refractivity contribution >= 4 is 39.3 Å². The first kappa shape index (κ1) is 15.1.